The van der Waals surface area contributed by atoms with Crippen LogP contribution in [0.4, 0.5) is 0 Å². The average molecular weight is 183 g/mol. The summed E-state index contributed by atoms with van der Waals surface area (Å²) < 4.78 is 1.67. The highest BCUT2D eigenvalue weighted by Gasteiger charge is 2.01. The van der Waals surface area contributed by atoms with Gasteiger partial charge in [-0.1, -0.05) is 0 Å². The van der Waals surface area contributed by atoms with Gasteiger partial charge < -0.3 is 5.32 Å². The lowest BCUT2D eigenvalue weighted by atomic mass is 10.4. The van der Waals surface area contributed by atoms with Gasteiger partial charge in [0.15, 0.2) is 5.11 Å². The van der Waals surface area contributed by atoms with Crippen molar-refractivity contribution in [2.24, 2.45) is 0 Å². The van der Waals surface area contributed by atoms with Crippen molar-refractivity contribution in [3.05, 3.63) is 18.0 Å². The minimum atomic E-state index is 0.349. The lowest BCUT2D eigenvalue weighted by Gasteiger charge is -2.09. The van der Waals surface area contributed by atoms with Crippen LogP contribution in [0.3, 0.4) is 0 Å². The molecule has 0 aromatic carbocycles. The summed E-state index contributed by atoms with van der Waals surface area (Å²) in [4.78, 5) is 0. The molecule has 0 saturated carbocycles. The first kappa shape index (κ1) is 9.19. The SMILES string of the molecule is Cc1cnn(C(=S)NC(C)C)c1. The number of hydrogen-bond donors (Lipinski definition) is 1. The highest BCUT2D eigenvalue weighted by atomic mass is 32.1. The summed E-state index contributed by atoms with van der Waals surface area (Å²) in [5, 5.41) is 7.84. The van der Waals surface area contributed by atoms with E-state index < -0.39 is 0 Å². The standard InChI is InChI=1S/C8H13N3S/c1-6(2)10-8(12)11-5-7(3)4-9-11/h4-6H,1-3H3,(H,10,12). The molecule has 4 heteroatoms. The van der Waals surface area contributed by atoms with Gasteiger partial charge in [0.05, 0.1) is 6.20 Å². The topological polar surface area (TPSA) is 29.9 Å². The van der Waals surface area contributed by atoms with Gasteiger partial charge in [0.2, 0.25) is 0 Å². The van der Waals surface area contributed by atoms with Crippen LogP contribution in [0.1, 0.15) is 19.4 Å². The van der Waals surface area contributed by atoms with Crippen molar-refractivity contribution in [3.8, 4) is 0 Å². The first-order chi connectivity index (χ1) is 5.59. The van der Waals surface area contributed by atoms with Crippen LogP contribution < -0.4 is 5.32 Å². The van der Waals surface area contributed by atoms with Crippen molar-refractivity contribution in [2.45, 2.75) is 26.8 Å². The van der Waals surface area contributed by atoms with Crippen molar-refractivity contribution in [3.63, 3.8) is 0 Å². The van der Waals surface area contributed by atoms with Gasteiger partial charge in [-0.2, -0.15) is 5.10 Å². The van der Waals surface area contributed by atoms with Crippen LogP contribution in [-0.4, -0.2) is 20.9 Å². The number of aromatic nitrogens is 2. The number of thiocarbonyl (C=S) groups is 1. The largest absolute Gasteiger partial charge is 0.359 e. The molecule has 0 unspecified atom stereocenters. The summed E-state index contributed by atoms with van der Waals surface area (Å²) in [7, 11) is 0. The minimum Gasteiger partial charge on any atom is -0.359 e. The van der Waals surface area contributed by atoms with Crippen LogP contribution in [0.5, 0.6) is 0 Å². The van der Waals surface area contributed by atoms with Gasteiger partial charge in [0.25, 0.3) is 0 Å². The van der Waals surface area contributed by atoms with Gasteiger partial charge in [0, 0.05) is 12.2 Å². The van der Waals surface area contributed by atoms with E-state index in [9.17, 15) is 0 Å². The summed E-state index contributed by atoms with van der Waals surface area (Å²) in [6.45, 7) is 6.08. The molecule has 1 aromatic heterocycles. The Balaban J connectivity index is 2.65. The zero-order valence-electron chi connectivity index (χ0n) is 7.53. The van der Waals surface area contributed by atoms with E-state index in [0.29, 0.717) is 11.2 Å². The minimum absolute atomic E-state index is 0.349. The van der Waals surface area contributed by atoms with Crippen molar-refractivity contribution in [2.75, 3.05) is 0 Å². The fourth-order valence-electron chi connectivity index (χ4n) is 0.837. The molecule has 0 atom stereocenters. The molecule has 0 aliphatic heterocycles. The van der Waals surface area contributed by atoms with Crippen LogP contribution in [-0.2, 0) is 0 Å². The van der Waals surface area contributed by atoms with E-state index >= 15 is 0 Å². The molecule has 66 valence electrons. The lowest BCUT2D eigenvalue weighted by Crippen LogP contribution is -2.33. The van der Waals surface area contributed by atoms with Gasteiger partial charge in [-0.15, -0.1) is 0 Å². The highest BCUT2D eigenvalue weighted by Crippen LogP contribution is 1.94. The Morgan fingerprint density at radius 2 is 2.33 bits per heavy atom. The number of rotatable bonds is 1. The zero-order valence-corrected chi connectivity index (χ0v) is 8.35. The van der Waals surface area contributed by atoms with Crippen molar-refractivity contribution >= 4 is 17.3 Å². The van der Waals surface area contributed by atoms with Crippen LogP contribution >= 0.6 is 12.2 Å². The summed E-state index contributed by atoms with van der Waals surface area (Å²) in [5.74, 6) is 0. The van der Waals surface area contributed by atoms with Crippen molar-refractivity contribution < 1.29 is 0 Å². The van der Waals surface area contributed by atoms with Crippen molar-refractivity contribution in [1.82, 2.24) is 15.1 Å². The number of hydrogen-bond acceptors (Lipinski definition) is 2. The van der Waals surface area contributed by atoms with Gasteiger partial charge in [0.1, 0.15) is 0 Å². The average Bonchev–Trinajstić information content (AvgIpc) is 2.34. The van der Waals surface area contributed by atoms with E-state index in [0.717, 1.165) is 5.56 Å². The molecule has 0 aliphatic carbocycles. The smallest absolute Gasteiger partial charge is 0.194 e. The fraction of sp³-hybridized carbons (Fsp3) is 0.500. The van der Waals surface area contributed by atoms with E-state index in [4.69, 9.17) is 12.2 Å². The van der Waals surface area contributed by atoms with Crippen LogP contribution in [0, 0.1) is 6.92 Å². The maximum Gasteiger partial charge on any atom is 0.194 e. The quantitative estimate of drug-likeness (QED) is 0.666. The zero-order chi connectivity index (χ0) is 9.14. The number of nitrogens with zero attached hydrogens (tertiary/aromatic N) is 2. The van der Waals surface area contributed by atoms with E-state index in [-0.39, 0.29) is 0 Å². The monoisotopic (exact) mass is 183 g/mol. The second kappa shape index (κ2) is 3.67. The third-order valence-electron chi connectivity index (χ3n) is 1.33. The van der Waals surface area contributed by atoms with Gasteiger partial charge >= 0.3 is 0 Å². The second-order valence-corrected chi connectivity index (χ2v) is 3.45. The molecule has 0 spiro atoms. The summed E-state index contributed by atoms with van der Waals surface area (Å²) >= 11 is 5.10. The Morgan fingerprint density at radius 1 is 1.67 bits per heavy atom. The molecule has 0 saturated heterocycles. The maximum absolute atomic E-state index is 5.10. The first-order valence-corrected chi connectivity index (χ1v) is 4.32. The van der Waals surface area contributed by atoms with E-state index in [1.165, 1.54) is 0 Å². The Hall–Kier alpha value is -0.900. The molecule has 0 bridgehead atoms. The molecule has 1 N–H and O–H groups in total. The maximum atomic E-state index is 5.10. The van der Waals surface area contributed by atoms with Gasteiger partial charge in [-0.3, -0.25) is 0 Å². The second-order valence-electron chi connectivity index (χ2n) is 3.07. The summed E-state index contributed by atoms with van der Waals surface area (Å²) in [6, 6.07) is 0.349. The van der Waals surface area contributed by atoms with E-state index in [2.05, 4.69) is 10.4 Å². The number of nitrogens with one attached hydrogen (secondary N) is 1. The molecule has 12 heavy (non-hydrogen) atoms. The molecular weight excluding hydrogens is 170 g/mol. The van der Waals surface area contributed by atoms with E-state index in [1.54, 1.807) is 10.9 Å². The molecule has 0 fully saturated rings. The molecule has 3 nitrogen and oxygen atoms in total. The molecule has 1 aromatic rings. The molecule has 1 heterocycles. The fourth-order valence-corrected chi connectivity index (χ4v) is 1.17. The number of aryl methyl sites for hydroxylation is 1. The molecule has 0 aliphatic rings. The Morgan fingerprint density at radius 3 is 2.75 bits per heavy atom. The molecule has 0 amide bonds. The third-order valence-corrected chi connectivity index (χ3v) is 1.64. The summed E-state index contributed by atoms with van der Waals surface area (Å²) in [5.41, 5.74) is 1.11. The van der Waals surface area contributed by atoms with Crippen LogP contribution in [0.25, 0.3) is 0 Å². The Kier molecular flexibility index (Phi) is 2.81. The predicted molar refractivity (Wildman–Crippen MR) is 53.2 cm³/mol. The summed E-state index contributed by atoms with van der Waals surface area (Å²) in [6.07, 6.45) is 3.69. The Bertz CT molecular complexity index is 278. The van der Waals surface area contributed by atoms with Crippen LogP contribution in [0.15, 0.2) is 12.4 Å². The van der Waals surface area contributed by atoms with Gasteiger partial charge in [-0.25, -0.2) is 4.68 Å². The first-order valence-electron chi connectivity index (χ1n) is 3.91. The van der Waals surface area contributed by atoms with Crippen molar-refractivity contribution in [1.29, 1.82) is 0 Å². The highest BCUT2D eigenvalue weighted by molar-refractivity contribution is 7.80. The predicted octanol–water partition coefficient (Wildman–Crippen LogP) is 1.32. The molecular formula is C8H13N3S. The van der Waals surface area contributed by atoms with Crippen LogP contribution in [0.2, 0.25) is 0 Å². The Labute approximate surface area is 77.8 Å². The molecule has 0 radical (unpaired) electrons. The normalized spacial score (nSPS) is 10.3. The van der Waals surface area contributed by atoms with E-state index in [1.807, 2.05) is 27.0 Å². The van der Waals surface area contributed by atoms with Gasteiger partial charge in [-0.05, 0) is 38.6 Å². The third kappa shape index (κ3) is 2.30. The molecule has 1 rings (SSSR count). The lowest BCUT2D eigenvalue weighted by molar-refractivity contribution is 0.711.